The molecule has 0 bridgehead atoms. The minimum atomic E-state index is 0.548. The van der Waals surface area contributed by atoms with Crippen LogP contribution in [0.25, 0.3) is 5.65 Å². The Balaban J connectivity index is 1.84. The summed E-state index contributed by atoms with van der Waals surface area (Å²) in [5.74, 6) is 1.77. The zero-order valence-corrected chi connectivity index (χ0v) is 10.7. The van der Waals surface area contributed by atoms with Crippen molar-refractivity contribution in [2.75, 3.05) is 20.1 Å². The predicted octanol–water partition coefficient (Wildman–Crippen LogP) is 0.682. The molecule has 2 aromatic rings. The Kier molecular flexibility index (Phi) is 3.01. The molecule has 1 aliphatic rings. The summed E-state index contributed by atoms with van der Waals surface area (Å²) in [7, 11) is 2.18. The summed E-state index contributed by atoms with van der Waals surface area (Å²) < 4.78 is 2.08. The van der Waals surface area contributed by atoms with Gasteiger partial charge in [0.2, 0.25) is 0 Å². The Morgan fingerprint density at radius 2 is 2.33 bits per heavy atom. The van der Waals surface area contributed by atoms with E-state index in [9.17, 15) is 0 Å². The maximum atomic E-state index is 5.63. The van der Waals surface area contributed by atoms with Gasteiger partial charge in [-0.05, 0) is 43.6 Å². The maximum absolute atomic E-state index is 5.63. The molecule has 3 heterocycles. The van der Waals surface area contributed by atoms with Gasteiger partial charge in [0.15, 0.2) is 5.65 Å². The Labute approximate surface area is 107 Å². The second-order valence-corrected chi connectivity index (χ2v) is 5.20. The van der Waals surface area contributed by atoms with Crippen LogP contribution in [-0.4, -0.2) is 39.6 Å². The lowest BCUT2D eigenvalue weighted by Gasteiger charge is -2.09. The summed E-state index contributed by atoms with van der Waals surface area (Å²) in [4.78, 5) is 2.38. The van der Waals surface area contributed by atoms with Gasteiger partial charge in [-0.15, -0.1) is 10.2 Å². The second-order valence-electron chi connectivity index (χ2n) is 5.20. The number of nitrogens with zero attached hydrogens (tertiary/aromatic N) is 4. The first kappa shape index (κ1) is 11.6. The van der Waals surface area contributed by atoms with Crippen LogP contribution in [0.2, 0.25) is 0 Å². The first-order valence-electron chi connectivity index (χ1n) is 6.47. The Morgan fingerprint density at radius 3 is 3.06 bits per heavy atom. The van der Waals surface area contributed by atoms with Gasteiger partial charge in [0.25, 0.3) is 0 Å². The van der Waals surface area contributed by atoms with Crippen molar-refractivity contribution in [3.8, 4) is 0 Å². The van der Waals surface area contributed by atoms with Crippen LogP contribution in [0.4, 0.5) is 0 Å². The third kappa shape index (κ3) is 2.11. The minimum Gasteiger partial charge on any atom is -0.326 e. The van der Waals surface area contributed by atoms with E-state index in [0.29, 0.717) is 12.5 Å². The fourth-order valence-electron chi connectivity index (χ4n) is 2.70. The zero-order chi connectivity index (χ0) is 12.5. The van der Waals surface area contributed by atoms with E-state index in [-0.39, 0.29) is 0 Å². The summed E-state index contributed by atoms with van der Waals surface area (Å²) in [6.45, 7) is 2.90. The van der Waals surface area contributed by atoms with Crippen molar-refractivity contribution < 1.29 is 0 Å². The average Bonchev–Trinajstić information content (AvgIpc) is 2.96. The van der Waals surface area contributed by atoms with E-state index in [4.69, 9.17) is 5.73 Å². The molecule has 0 saturated carbocycles. The lowest BCUT2D eigenvalue weighted by Crippen LogP contribution is -2.15. The van der Waals surface area contributed by atoms with E-state index in [1.165, 1.54) is 13.0 Å². The summed E-state index contributed by atoms with van der Waals surface area (Å²) >= 11 is 0. The first-order valence-corrected chi connectivity index (χ1v) is 6.47. The highest BCUT2D eigenvalue weighted by atomic mass is 15.2. The van der Waals surface area contributed by atoms with Gasteiger partial charge in [-0.25, -0.2) is 0 Å². The van der Waals surface area contributed by atoms with Crippen molar-refractivity contribution in [2.45, 2.75) is 19.4 Å². The molecule has 0 aromatic carbocycles. The van der Waals surface area contributed by atoms with Gasteiger partial charge in [0.1, 0.15) is 5.82 Å². The minimum absolute atomic E-state index is 0.548. The van der Waals surface area contributed by atoms with Gasteiger partial charge in [0.05, 0.1) is 0 Å². The molecule has 1 aliphatic heterocycles. The zero-order valence-electron chi connectivity index (χ0n) is 10.7. The average molecular weight is 245 g/mol. The molecule has 96 valence electrons. The Bertz CT molecular complexity index is 547. The van der Waals surface area contributed by atoms with Gasteiger partial charge < -0.3 is 10.6 Å². The van der Waals surface area contributed by atoms with Crippen LogP contribution < -0.4 is 5.73 Å². The molecular formula is C13H19N5. The molecule has 0 amide bonds. The molecule has 3 rings (SSSR count). The van der Waals surface area contributed by atoms with Gasteiger partial charge >= 0.3 is 0 Å². The van der Waals surface area contributed by atoms with E-state index in [2.05, 4.69) is 26.5 Å². The third-order valence-electron chi connectivity index (χ3n) is 3.74. The highest BCUT2D eigenvalue weighted by Crippen LogP contribution is 2.19. The molecule has 0 aliphatic carbocycles. The highest BCUT2D eigenvalue weighted by Gasteiger charge is 2.21. The summed E-state index contributed by atoms with van der Waals surface area (Å²) in [6, 6.07) is 4.05. The number of rotatable bonds is 3. The molecule has 1 atom stereocenters. The SMILES string of the molecule is CN1CCC(Cc2nnc3cc(CN)ccn23)C1. The van der Waals surface area contributed by atoms with Crippen molar-refractivity contribution in [1.82, 2.24) is 19.5 Å². The Hall–Kier alpha value is -1.46. The van der Waals surface area contributed by atoms with E-state index >= 15 is 0 Å². The number of aromatic nitrogens is 3. The monoisotopic (exact) mass is 245 g/mol. The number of pyridine rings is 1. The Morgan fingerprint density at radius 1 is 1.44 bits per heavy atom. The molecule has 1 unspecified atom stereocenters. The highest BCUT2D eigenvalue weighted by molar-refractivity contribution is 5.41. The molecule has 1 fully saturated rings. The molecule has 0 radical (unpaired) electrons. The maximum Gasteiger partial charge on any atom is 0.161 e. The van der Waals surface area contributed by atoms with E-state index in [0.717, 1.165) is 30.0 Å². The largest absolute Gasteiger partial charge is 0.326 e. The normalized spacial score (nSPS) is 20.9. The molecule has 2 aromatic heterocycles. The number of fused-ring (bicyclic) bond motifs is 1. The van der Waals surface area contributed by atoms with Crippen LogP contribution in [-0.2, 0) is 13.0 Å². The number of likely N-dealkylation sites (tertiary alicyclic amines) is 1. The second kappa shape index (κ2) is 4.66. The molecule has 1 saturated heterocycles. The van der Waals surface area contributed by atoms with Crippen LogP contribution >= 0.6 is 0 Å². The van der Waals surface area contributed by atoms with Crippen LogP contribution in [0.3, 0.4) is 0 Å². The standard InChI is InChI=1S/C13H19N5/c1-17-4-2-11(9-17)7-13-16-15-12-6-10(8-14)3-5-18(12)13/h3,5-6,11H,2,4,7-9,14H2,1H3. The summed E-state index contributed by atoms with van der Waals surface area (Å²) in [5.41, 5.74) is 7.63. The van der Waals surface area contributed by atoms with E-state index < -0.39 is 0 Å². The van der Waals surface area contributed by atoms with Crippen LogP contribution in [0.5, 0.6) is 0 Å². The fraction of sp³-hybridized carbons (Fsp3) is 0.538. The molecule has 5 nitrogen and oxygen atoms in total. The molecular weight excluding hydrogens is 226 g/mol. The van der Waals surface area contributed by atoms with Gasteiger partial charge in [0, 0.05) is 25.7 Å². The van der Waals surface area contributed by atoms with Crippen molar-refractivity contribution in [1.29, 1.82) is 0 Å². The topological polar surface area (TPSA) is 59.5 Å². The molecule has 5 heteroatoms. The lowest BCUT2D eigenvalue weighted by molar-refractivity contribution is 0.392. The van der Waals surface area contributed by atoms with Crippen LogP contribution in [0, 0.1) is 5.92 Å². The van der Waals surface area contributed by atoms with Gasteiger partial charge in [-0.2, -0.15) is 0 Å². The number of nitrogens with two attached hydrogens (primary N) is 1. The molecule has 0 spiro atoms. The lowest BCUT2D eigenvalue weighted by atomic mass is 10.0. The number of hydrogen-bond donors (Lipinski definition) is 1. The first-order chi connectivity index (χ1) is 8.76. The quantitative estimate of drug-likeness (QED) is 0.864. The molecule has 18 heavy (non-hydrogen) atoms. The smallest absolute Gasteiger partial charge is 0.161 e. The van der Waals surface area contributed by atoms with E-state index in [1.54, 1.807) is 0 Å². The number of hydrogen-bond acceptors (Lipinski definition) is 4. The van der Waals surface area contributed by atoms with Crippen molar-refractivity contribution >= 4 is 5.65 Å². The third-order valence-corrected chi connectivity index (χ3v) is 3.74. The van der Waals surface area contributed by atoms with E-state index in [1.807, 2.05) is 18.3 Å². The van der Waals surface area contributed by atoms with Crippen molar-refractivity contribution in [3.05, 3.63) is 29.7 Å². The summed E-state index contributed by atoms with van der Waals surface area (Å²) in [5, 5.41) is 8.55. The fourth-order valence-corrected chi connectivity index (χ4v) is 2.70. The van der Waals surface area contributed by atoms with Crippen molar-refractivity contribution in [2.24, 2.45) is 11.7 Å². The van der Waals surface area contributed by atoms with Crippen molar-refractivity contribution in [3.63, 3.8) is 0 Å². The summed E-state index contributed by atoms with van der Waals surface area (Å²) in [6.07, 6.45) is 4.30. The van der Waals surface area contributed by atoms with Crippen LogP contribution in [0.15, 0.2) is 18.3 Å². The van der Waals surface area contributed by atoms with Gasteiger partial charge in [-0.3, -0.25) is 4.40 Å². The predicted molar refractivity (Wildman–Crippen MR) is 70.2 cm³/mol. The molecule has 2 N–H and O–H groups in total. The van der Waals surface area contributed by atoms with Crippen LogP contribution in [0.1, 0.15) is 17.8 Å². The van der Waals surface area contributed by atoms with Gasteiger partial charge in [-0.1, -0.05) is 0 Å².